The third-order valence-electron chi connectivity index (χ3n) is 3.78. The van der Waals surface area contributed by atoms with Crippen LogP contribution in [0.1, 0.15) is 27.7 Å². The molecule has 1 amide bonds. The number of aromatic amines is 1. The van der Waals surface area contributed by atoms with Gasteiger partial charge in [0.2, 0.25) is 5.43 Å². The molecule has 2 heterocycles. The zero-order valence-electron chi connectivity index (χ0n) is 13.3. The Morgan fingerprint density at radius 3 is 2.56 bits per heavy atom. The van der Waals surface area contributed by atoms with Gasteiger partial charge in [-0.2, -0.15) is 0 Å². The fourth-order valence-electron chi connectivity index (χ4n) is 2.51. The topological polar surface area (TPSA) is 112 Å². The minimum absolute atomic E-state index is 0.166. The number of nitrogens with one attached hydrogen (secondary N) is 2. The molecule has 3 N–H and O–H groups in total. The molecule has 0 saturated carbocycles. The van der Waals surface area contributed by atoms with Crippen molar-refractivity contribution in [3.63, 3.8) is 0 Å². The number of carbonyl (C=O) groups is 2. The van der Waals surface area contributed by atoms with Gasteiger partial charge in [0, 0.05) is 11.9 Å². The highest BCUT2D eigenvalue weighted by Gasteiger charge is 2.24. The number of hydrogen-bond acceptors (Lipinski definition) is 4. The molecule has 0 aliphatic heterocycles. The maximum Gasteiger partial charge on any atom is 0.330 e. The lowest BCUT2D eigenvalue weighted by Gasteiger charge is -2.14. The zero-order valence-corrected chi connectivity index (χ0v) is 13.3. The Balaban J connectivity index is 1.96. The predicted octanol–water partition coefficient (Wildman–Crippen LogP) is 1.79. The molecule has 0 bridgehead atoms. The number of aromatic nitrogens is 2. The predicted molar refractivity (Wildman–Crippen MR) is 91.4 cm³/mol. The Bertz CT molecular complexity index is 1010. The SMILES string of the molecule is Cc1ccc2c(=O)c(C(=O)NC(C(=O)O)c3ccccc3)c[nH]c2n1. The van der Waals surface area contributed by atoms with Gasteiger partial charge in [-0.1, -0.05) is 30.3 Å². The number of aliphatic carboxylic acids is 1. The van der Waals surface area contributed by atoms with E-state index in [-0.39, 0.29) is 10.9 Å². The number of aryl methyl sites for hydroxylation is 1. The number of rotatable bonds is 4. The second kappa shape index (κ2) is 6.56. The Hall–Kier alpha value is -3.48. The van der Waals surface area contributed by atoms with Crippen molar-refractivity contribution in [2.45, 2.75) is 13.0 Å². The third-order valence-corrected chi connectivity index (χ3v) is 3.78. The van der Waals surface area contributed by atoms with E-state index in [4.69, 9.17) is 0 Å². The molecule has 7 nitrogen and oxygen atoms in total. The lowest BCUT2D eigenvalue weighted by molar-refractivity contribution is -0.139. The number of pyridine rings is 2. The second-order valence-electron chi connectivity index (χ2n) is 5.54. The molecule has 0 aliphatic carbocycles. The molecule has 3 rings (SSSR count). The van der Waals surface area contributed by atoms with E-state index in [1.165, 1.54) is 6.20 Å². The van der Waals surface area contributed by atoms with E-state index in [1.807, 2.05) is 0 Å². The number of benzene rings is 1. The number of fused-ring (bicyclic) bond motifs is 1. The first-order valence-corrected chi connectivity index (χ1v) is 7.55. The average molecular weight is 337 g/mol. The summed E-state index contributed by atoms with van der Waals surface area (Å²) in [6, 6.07) is 10.3. The summed E-state index contributed by atoms with van der Waals surface area (Å²) in [5, 5.41) is 12.0. The van der Waals surface area contributed by atoms with Crippen LogP contribution in [0.25, 0.3) is 11.0 Å². The highest BCUT2D eigenvalue weighted by molar-refractivity contribution is 5.98. The normalized spacial score (nSPS) is 11.9. The summed E-state index contributed by atoms with van der Waals surface area (Å²) in [6.07, 6.45) is 1.25. The maximum absolute atomic E-state index is 12.5. The largest absolute Gasteiger partial charge is 0.479 e. The molecule has 7 heteroatoms. The van der Waals surface area contributed by atoms with E-state index in [2.05, 4.69) is 15.3 Å². The van der Waals surface area contributed by atoms with Crippen molar-refractivity contribution in [3.8, 4) is 0 Å². The van der Waals surface area contributed by atoms with Gasteiger partial charge in [0.05, 0.1) is 5.39 Å². The van der Waals surface area contributed by atoms with Crippen LogP contribution in [-0.2, 0) is 4.79 Å². The van der Waals surface area contributed by atoms with Crippen LogP contribution in [0.2, 0.25) is 0 Å². The molecule has 1 aromatic carbocycles. The van der Waals surface area contributed by atoms with Gasteiger partial charge in [-0.15, -0.1) is 0 Å². The van der Waals surface area contributed by atoms with Crippen molar-refractivity contribution in [1.29, 1.82) is 0 Å². The summed E-state index contributed by atoms with van der Waals surface area (Å²) >= 11 is 0. The monoisotopic (exact) mass is 337 g/mol. The summed E-state index contributed by atoms with van der Waals surface area (Å²) in [4.78, 5) is 43.4. The molecule has 25 heavy (non-hydrogen) atoms. The molecule has 3 aromatic rings. The van der Waals surface area contributed by atoms with E-state index in [9.17, 15) is 19.5 Å². The Kier molecular flexibility index (Phi) is 4.30. The first kappa shape index (κ1) is 16.4. The van der Waals surface area contributed by atoms with Gasteiger partial charge < -0.3 is 15.4 Å². The van der Waals surface area contributed by atoms with Gasteiger partial charge in [0.1, 0.15) is 11.2 Å². The standard InChI is InChI=1S/C18H15N3O4/c1-10-7-8-12-15(22)13(9-19-16(12)20-10)17(23)21-14(18(24)25)11-5-3-2-4-6-11/h2-9,14H,1H3,(H,21,23)(H,24,25)(H,19,20,22). The fourth-order valence-corrected chi connectivity index (χ4v) is 2.51. The molecule has 126 valence electrons. The van der Waals surface area contributed by atoms with Crippen LogP contribution in [-0.4, -0.2) is 27.0 Å². The minimum Gasteiger partial charge on any atom is -0.479 e. The van der Waals surface area contributed by atoms with Crippen molar-refractivity contribution < 1.29 is 14.7 Å². The summed E-state index contributed by atoms with van der Waals surface area (Å²) in [7, 11) is 0. The Morgan fingerprint density at radius 2 is 1.88 bits per heavy atom. The van der Waals surface area contributed by atoms with Crippen molar-refractivity contribution in [3.05, 3.63) is 75.7 Å². The second-order valence-corrected chi connectivity index (χ2v) is 5.54. The Morgan fingerprint density at radius 1 is 1.16 bits per heavy atom. The number of nitrogens with zero attached hydrogens (tertiary/aromatic N) is 1. The number of amides is 1. The summed E-state index contributed by atoms with van der Waals surface area (Å²) in [5.41, 5.74) is 0.851. The summed E-state index contributed by atoms with van der Waals surface area (Å²) in [5.74, 6) is -1.98. The number of carboxylic acid groups (broad SMARTS) is 1. The van der Waals surface area contributed by atoms with E-state index in [0.717, 1.165) is 5.69 Å². The van der Waals surface area contributed by atoms with E-state index < -0.39 is 23.3 Å². The van der Waals surface area contributed by atoms with Gasteiger partial charge in [-0.3, -0.25) is 9.59 Å². The molecule has 1 unspecified atom stereocenters. The van der Waals surface area contributed by atoms with Crippen LogP contribution in [0.5, 0.6) is 0 Å². The van der Waals surface area contributed by atoms with Crippen molar-refractivity contribution >= 4 is 22.9 Å². The molecule has 0 radical (unpaired) electrons. The van der Waals surface area contributed by atoms with Crippen LogP contribution < -0.4 is 10.7 Å². The smallest absolute Gasteiger partial charge is 0.330 e. The van der Waals surface area contributed by atoms with Crippen LogP contribution >= 0.6 is 0 Å². The molecular formula is C18H15N3O4. The van der Waals surface area contributed by atoms with E-state index in [1.54, 1.807) is 49.4 Å². The quantitative estimate of drug-likeness (QED) is 0.672. The highest BCUT2D eigenvalue weighted by atomic mass is 16.4. The minimum atomic E-state index is -1.25. The van der Waals surface area contributed by atoms with Crippen LogP contribution in [0.4, 0.5) is 0 Å². The Labute approximate surface area is 142 Å². The van der Waals surface area contributed by atoms with Gasteiger partial charge in [-0.25, -0.2) is 9.78 Å². The highest BCUT2D eigenvalue weighted by Crippen LogP contribution is 2.14. The molecule has 2 aromatic heterocycles. The van der Waals surface area contributed by atoms with Crippen molar-refractivity contribution in [2.75, 3.05) is 0 Å². The lowest BCUT2D eigenvalue weighted by atomic mass is 10.1. The van der Waals surface area contributed by atoms with E-state index in [0.29, 0.717) is 11.2 Å². The van der Waals surface area contributed by atoms with Crippen LogP contribution in [0, 0.1) is 6.92 Å². The summed E-state index contributed by atoms with van der Waals surface area (Å²) < 4.78 is 0. The van der Waals surface area contributed by atoms with Gasteiger partial charge in [0.15, 0.2) is 6.04 Å². The number of H-pyrrole nitrogens is 1. The molecule has 0 fully saturated rings. The first-order chi connectivity index (χ1) is 12.0. The maximum atomic E-state index is 12.5. The first-order valence-electron chi connectivity index (χ1n) is 7.55. The third kappa shape index (κ3) is 3.25. The van der Waals surface area contributed by atoms with E-state index >= 15 is 0 Å². The van der Waals surface area contributed by atoms with Crippen molar-refractivity contribution in [1.82, 2.24) is 15.3 Å². The van der Waals surface area contributed by atoms with Crippen LogP contribution in [0.3, 0.4) is 0 Å². The van der Waals surface area contributed by atoms with Gasteiger partial charge in [-0.05, 0) is 24.6 Å². The number of carbonyl (C=O) groups excluding carboxylic acids is 1. The molecule has 0 saturated heterocycles. The summed E-state index contributed by atoms with van der Waals surface area (Å²) in [6.45, 7) is 1.79. The molecular weight excluding hydrogens is 322 g/mol. The fraction of sp³-hybridized carbons (Fsp3) is 0.111. The zero-order chi connectivity index (χ0) is 18.0. The number of carboxylic acids is 1. The molecule has 0 aliphatic rings. The van der Waals surface area contributed by atoms with Gasteiger partial charge >= 0.3 is 5.97 Å². The van der Waals surface area contributed by atoms with Gasteiger partial charge in [0.25, 0.3) is 5.91 Å². The average Bonchev–Trinajstić information content (AvgIpc) is 2.60. The number of hydrogen-bond donors (Lipinski definition) is 3. The molecule has 0 spiro atoms. The van der Waals surface area contributed by atoms with Crippen LogP contribution in [0.15, 0.2) is 53.5 Å². The van der Waals surface area contributed by atoms with Crippen molar-refractivity contribution in [2.24, 2.45) is 0 Å². The molecule has 1 atom stereocenters. The lowest BCUT2D eigenvalue weighted by Crippen LogP contribution is -2.36.